The largest absolute Gasteiger partial charge is 0.435 e. The van der Waals surface area contributed by atoms with Gasteiger partial charge in [-0.1, -0.05) is 26.0 Å². The van der Waals surface area contributed by atoms with Crippen molar-refractivity contribution < 1.29 is 13.5 Å². The van der Waals surface area contributed by atoms with Crippen LogP contribution in [0.5, 0.6) is 5.75 Å². The number of rotatable bonds is 9. The maximum Gasteiger partial charge on any atom is 0.387 e. The van der Waals surface area contributed by atoms with E-state index in [4.69, 9.17) is 0 Å². The van der Waals surface area contributed by atoms with Crippen LogP contribution in [0.25, 0.3) is 0 Å². The van der Waals surface area contributed by atoms with Gasteiger partial charge in [-0.05, 0) is 30.2 Å². The summed E-state index contributed by atoms with van der Waals surface area (Å²) in [6, 6.07) is 6.71. The van der Waals surface area contributed by atoms with E-state index in [1.807, 2.05) is 11.9 Å². The van der Waals surface area contributed by atoms with Gasteiger partial charge in [-0.2, -0.15) is 8.78 Å². The van der Waals surface area contributed by atoms with Crippen molar-refractivity contribution in [3.63, 3.8) is 0 Å². The Kier molecular flexibility index (Phi) is 12.5. The molecule has 1 N–H and O–H groups in total. The SMILES string of the molecule is CCN1CCN(CC(C)CNC(=NC)N(C)Cc2ccc(OC(F)F)cc2)CC1.I. The normalized spacial score (nSPS) is 16.8. The number of hydrogen-bond acceptors (Lipinski definition) is 4. The number of guanidine groups is 1. The lowest BCUT2D eigenvalue weighted by atomic mass is 10.1. The highest BCUT2D eigenvalue weighted by molar-refractivity contribution is 14.0. The Morgan fingerprint density at radius 2 is 1.77 bits per heavy atom. The summed E-state index contributed by atoms with van der Waals surface area (Å²) in [5.41, 5.74) is 0.999. The van der Waals surface area contributed by atoms with Crippen LogP contribution in [0.1, 0.15) is 19.4 Å². The highest BCUT2D eigenvalue weighted by Crippen LogP contribution is 2.15. The number of aliphatic imine (C=N–C) groups is 1. The Bertz CT molecular complexity index is 624. The van der Waals surface area contributed by atoms with Crippen molar-refractivity contribution in [2.45, 2.75) is 27.0 Å². The van der Waals surface area contributed by atoms with Crippen molar-refractivity contribution in [3.05, 3.63) is 29.8 Å². The summed E-state index contributed by atoms with van der Waals surface area (Å²) in [5, 5.41) is 3.45. The monoisotopic (exact) mass is 539 g/mol. The molecule has 1 aromatic rings. The number of ether oxygens (including phenoxy) is 1. The van der Waals surface area contributed by atoms with Crippen LogP contribution in [0.3, 0.4) is 0 Å². The van der Waals surface area contributed by atoms with Crippen molar-refractivity contribution in [1.29, 1.82) is 0 Å². The first-order valence-corrected chi connectivity index (χ1v) is 10.3. The smallest absolute Gasteiger partial charge is 0.387 e. The van der Waals surface area contributed by atoms with Gasteiger partial charge >= 0.3 is 6.61 Å². The van der Waals surface area contributed by atoms with Gasteiger partial charge in [0, 0.05) is 59.9 Å². The van der Waals surface area contributed by atoms with Gasteiger partial charge in [0.25, 0.3) is 0 Å². The standard InChI is InChI=1S/C21H35F2N5O.HI/c1-5-27-10-12-28(13-11-27)15-17(2)14-25-21(24-3)26(4)16-18-6-8-19(9-7-18)29-20(22)23;/h6-9,17,20H,5,10-16H2,1-4H3,(H,24,25);1H. The van der Waals surface area contributed by atoms with E-state index in [9.17, 15) is 8.78 Å². The van der Waals surface area contributed by atoms with Crippen molar-refractivity contribution in [3.8, 4) is 5.75 Å². The fraction of sp³-hybridized carbons (Fsp3) is 0.667. The summed E-state index contributed by atoms with van der Waals surface area (Å²) in [6.07, 6.45) is 0. The predicted molar refractivity (Wildman–Crippen MR) is 129 cm³/mol. The molecule has 1 aromatic carbocycles. The zero-order valence-electron chi connectivity index (χ0n) is 18.5. The summed E-state index contributed by atoms with van der Waals surface area (Å²) in [5.74, 6) is 1.50. The Balaban J connectivity index is 0.00000450. The van der Waals surface area contributed by atoms with Crippen LogP contribution in [0.2, 0.25) is 0 Å². The third kappa shape index (κ3) is 9.30. The van der Waals surface area contributed by atoms with Gasteiger partial charge in [0.05, 0.1) is 0 Å². The van der Waals surface area contributed by atoms with Gasteiger partial charge in [-0.3, -0.25) is 4.99 Å². The van der Waals surface area contributed by atoms with Crippen molar-refractivity contribution in [2.75, 3.05) is 59.9 Å². The van der Waals surface area contributed by atoms with Crippen LogP contribution in [0, 0.1) is 5.92 Å². The molecule has 1 aliphatic heterocycles. The van der Waals surface area contributed by atoms with Gasteiger partial charge in [-0.25, -0.2) is 0 Å². The van der Waals surface area contributed by atoms with E-state index < -0.39 is 6.61 Å². The number of nitrogens with one attached hydrogen (secondary N) is 1. The number of halogens is 3. The predicted octanol–water partition coefficient (Wildman–Crippen LogP) is 3.19. The van der Waals surface area contributed by atoms with E-state index in [1.54, 1.807) is 31.3 Å². The molecule has 6 nitrogen and oxygen atoms in total. The molecule has 0 aliphatic carbocycles. The number of alkyl halides is 2. The Morgan fingerprint density at radius 3 is 2.30 bits per heavy atom. The molecule has 0 radical (unpaired) electrons. The van der Waals surface area contributed by atoms with E-state index in [0.29, 0.717) is 12.5 Å². The first kappa shape index (κ1) is 26.8. The molecule has 0 amide bonds. The molecular weight excluding hydrogens is 503 g/mol. The lowest BCUT2D eigenvalue weighted by Crippen LogP contribution is -2.48. The average molecular weight is 539 g/mol. The average Bonchev–Trinajstić information content (AvgIpc) is 2.70. The summed E-state index contributed by atoms with van der Waals surface area (Å²) in [7, 11) is 3.74. The van der Waals surface area contributed by atoms with Crippen LogP contribution in [0.15, 0.2) is 29.3 Å². The molecule has 0 bridgehead atoms. The molecule has 1 atom stereocenters. The maximum absolute atomic E-state index is 12.3. The van der Waals surface area contributed by atoms with Crippen LogP contribution in [0.4, 0.5) is 8.78 Å². The molecule has 1 unspecified atom stereocenters. The number of piperazine rings is 1. The highest BCUT2D eigenvalue weighted by atomic mass is 127. The third-order valence-electron chi connectivity index (χ3n) is 5.23. The Labute approximate surface area is 196 Å². The number of nitrogens with zero attached hydrogens (tertiary/aromatic N) is 4. The molecule has 30 heavy (non-hydrogen) atoms. The molecule has 0 saturated carbocycles. The third-order valence-corrected chi connectivity index (χ3v) is 5.23. The Morgan fingerprint density at radius 1 is 1.17 bits per heavy atom. The molecule has 1 saturated heterocycles. The van der Waals surface area contributed by atoms with Gasteiger partial charge in [0.15, 0.2) is 5.96 Å². The Hall–Kier alpha value is -1.20. The fourth-order valence-corrected chi connectivity index (χ4v) is 3.57. The van der Waals surface area contributed by atoms with Gasteiger partial charge in [0.2, 0.25) is 0 Å². The van der Waals surface area contributed by atoms with Gasteiger partial charge in [-0.15, -0.1) is 24.0 Å². The summed E-state index contributed by atoms with van der Waals surface area (Å²) >= 11 is 0. The number of hydrogen-bond donors (Lipinski definition) is 1. The van der Waals surface area contributed by atoms with Crippen LogP contribution in [-0.2, 0) is 6.54 Å². The molecule has 1 aliphatic rings. The van der Waals surface area contributed by atoms with E-state index in [1.165, 1.54) is 0 Å². The first-order chi connectivity index (χ1) is 13.9. The molecular formula is C21H36F2IN5O. The minimum absolute atomic E-state index is 0. The second-order valence-corrected chi connectivity index (χ2v) is 7.65. The van der Waals surface area contributed by atoms with Crippen molar-refractivity contribution in [1.82, 2.24) is 20.0 Å². The molecule has 9 heteroatoms. The lowest BCUT2D eigenvalue weighted by molar-refractivity contribution is -0.0498. The van der Waals surface area contributed by atoms with Crippen LogP contribution < -0.4 is 10.1 Å². The summed E-state index contributed by atoms with van der Waals surface area (Å²) in [4.78, 5) is 11.4. The van der Waals surface area contributed by atoms with E-state index >= 15 is 0 Å². The second-order valence-electron chi connectivity index (χ2n) is 7.65. The minimum atomic E-state index is -2.80. The van der Waals surface area contributed by atoms with Crippen LogP contribution in [-0.4, -0.2) is 87.2 Å². The molecule has 0 aromatic heterocycles. The number of benzene rings is 1. The molecule has 172 valence electrons. The van der Waals surface area contributed by atoms with Crippen LogP contribution >= 0.6 is 24.0 Å². The van der Waals surface area contributed by atoms with E-state index in [2.05, 4.69) is 38.7 Å². The van der Waals surface area contributed by atoms with Gasteiger partial charge < -0.3 is 24.8 Å². The summed E-state index contributed by atoms with van der Waals surface area (Å²) in [6.45, 7) is 9.95. The highest BCUT2D eigenvalue weighted by Gasteiger charge is 2.18. The molecule has 0 spiro atoms. The quantitative estimate of drug-likeness (QED) is 0.297. The summed E-state index contributed by atoms with van der Waals surface area (Å²) < 4.78 is 28.9. The van der Waals surface area contributed by atoms with Gasteiger partial charge in [0.1, 0.15) is 5.75 Å². The molecule has 1 fully saturated rings. The zero-order valence-corrected chi connectivity index (χ0v) is 20.8. The van der Waals surface area contributed by atoms with E-state index in [0.717, 1.165) is 57.3 Å². The van der Waals surface area contributed by atoms with Crippen molar-refractivity contribution in [2.24, 2.45) is 10.9 Å². The second kappa shape index (κ2) is 14.0. The zero-order chi connectivity index (χ0) is 21.2. The van der Waals surface area contributed by atoms with Crippen molar-refractivity contribution >= 4 is 29.9 Å². The minimum Gasteiger partial charge on any atom is -0.435 e. The molecule has 2 rings (SSSR count). The topological polar surface area (TPSA) is 43.3 Å². The molecule has 1 heterocycles. The maximum atomic E-state index is 12.3. The lowest BCUT2D eigenvalue weighted by Gasteiger charge is -2.35. The fourth-order valence-electron chi connectivity index (χ4n) is 3.57. The first-order valence-electron chi connectivity index (χ1n) is 10.3. The van der Waals surface area contributed by atoms with E-state index in [-0.39, 0.29) is 29.7 Å². The number of likely N-dealkylation sites (N-methyl/N-ethyl adjacent to an activating group) is 1.